The largest absolute Gasteiger partial charge is 0.479 e. The molecule has 2 aliphatic rings. The third-order valence-corrected chi connectivity index (χ3v) is 6.07. The highest BCUT2D eigenvalue weighted by Gasteiger charge is 2.40. The summed E-state index contributed by atoms with van der Waals surface area (Å²) in [6.07, 6.45) is 5.22. The fraction of sp³-hybridized carbons (Fsp3) is 0.611. The van der Waals surface area contributed by atoms with E-state index in [4.69, 9.17) is 9.47 Å². The Morgan fingerprint density at radius 3 is 2.33 bits per heavy atom. The van der Waals surface area contributed by atoms with Crippen molar-refractivity contribution < 1.29 is 18.5 Å². The minimum Gasteiger partial charge on any atom is -0.479 e. The quantitative estimate of drug-likeness (QED) is 0.762. The number of hydrogen-bond donors (Lipinski definition) is 0. The molecule has 6 heteroatoms. The predicted octanol–water partition coefficient (Wildman–Crippen LogP) is 2.36. The number of piperidine rings is 1. The van der Waals surface area contributed by atoms with E-state index >= 15 is 0 Å². The fourth-order valence-corrected chi connectivity index (χ4v) is 4.20. The van der Waals surface area contributed by atoms with Crippen molar-refractivity contribution in [2.24, 2.45) is 0 Å². The minimum atomic E-state index is -1.02. The van der Waals surface area contributed by atoms with Gasteiger partial charge in [-0.1, -0.05) is 0 Å². The van der Waals surface area contributed by atoms with Crippen molar-refractivity contribution >= 4 is 16.8 Å². The summed E-state index contributed by atoms with van der Waals surface area (Å²) in [5.74, 6) is 0.268. The standard InChI is InChI=1S/C18H25NO4S/c1-12(22-15-6-8-17(9-7-15)24(3)21)18(20)23-16-10-13-4-5-14(11-16)19(13)2/h6-9,12-14,16H,4-5,10-11H2,1-3H3. The van der Waals surface area contributed by atoms with E-state index in [9.17, 15) is 9.00 Å². The summed E-state index contributed by atoms with van der Waals surface area (Å²) in [7, 11) is 1.15. The van der Waals surface area contributed by atoms with Gasteiger partial charge in [-0.05, 0) is 63.9 Å². The van der Waals surface area contributed by atoms with Crippen LogP contribution in [0.3, 0.4) is 0 Å². The second kappa shape index (κ2) is 7.23. The van der Waals surface area contributed by atoms with E-state index in [-0.39, 0.29) is 12.1 Å². The van der Waals surface area contributed by atoms with Gasteiger partial charge in [-0.3, -0.25) is 4.21 Å². The van der Waals surface area contributed by atoms with Gasteiger partial charge in [0.1, 0.15) is 11.9 Å². The second-order valence-corrected chi connectivity index (χ2v) is 8.15. The van der Waals surface area contributed by atoms with E-state index in [0.29, 0.717) is 17.8 Å². The van der Waals surface area contributed by atoms with E-state index < -0.39 is 16.9 Å². The monoisotopic (exact) mass is 351 g/mol. The van der Waals surface area contributed by atoms with Crippen molar-refractivity contribution in [1.82, 2.24) is 4.90 Å². The van der Waals surface area contributed by atoms with Crippen LogP contribution in [0.1, 0.15) is 32.6 Å². The smallest absolute Gasteiger partial charge is 0.347 e. The minimum absolute atomic E-state index is 0.00198. The summed E-state index contributed by atoms with van der Waals surface area (Å²) >= 11 is 0. The van der Waals surface area contributed by atoms with Gasteiger partial charge in [0.25, 0.3) is 0 Å². The first-order valence-corrected chi connectivity index (χ1v) is 10.0. The van der Waals surface area contributed by atoms with Crippen LogP contribution in [-0.2, 0) is 20.3 Å². The first-order valence-electron chi connectivity index (χ1n) is 8.46. The summed E-state index contributed by atoms with van der Waals surface area (Å²) in [4.78, 5) is 15.5. The zero-order valence-corrected chi connectivity index (χ0v) is 15.3. The Kier molecular flexibility index (Phi) is 5.25. The zero-order chi connectivity index (χ0) is 17.3. The molecule has 5 nitrogen and oxygen atoms in total. The molecular formula is C18H25NO4S. The van der Waals surface area contributed by atoms with Gasteiger partial charge in [-0.25, -0.2) is 4.79 Å². The van der Waals surface area contributed by atoms with E-state index in [1.54, 1.807) is 37.4 Å². The van der Waals surface area contributed by atoms with E-state index in [2.05, 4.69) is 11.9 Å². The lowest BCUT2D eigenvalue weighted by atomic mass is 10.0. The van der Waals surface area contributed by atoms with Crippen LogP contribution in [0.15, 0.2) is 29.2 Å². The Hall–Kier alpha value is -1.40. The summed E-state index contributed by atoms with van der Waals surface area (Å²) < 4.78 is 22.7. The molecule has 2 aliphatic heterocycles. The molecule has 2 fully saturated rings. The van der Waals surface area contributed by atoms with Gasteiger partial charge in [-0.15, -0.1) is 0 Å². The molecule has 2 saturated heterocycles. The van der Waals surface area contributed by atoms with E-state index in [1.165, 1.54) is 12.8 Å². The number of rotatable bonds is 5. The van der Waals surface area contributed by atoms with E-state index in [0.717, 1.165) is 17.7 Å². The third-order valence-electron chi connectivity index (χ3n) is 5.14. The van der Waals surface area contributed by atoms with Crippen LogP contribution in [0, 0.1) is 0 Å². The Labute approximate surface area is 145 Å². The predicted molar refractivity (Wildman–Crippen MR) is 92.6 cm³/mol. The van der Waals surface area contributed by atoms with Crippen LogP contribution in [-0.4, -0.2) is 52.7 Å². The molecular weight excluding hydrogens is 326 g/mol. The fourth-order valence-electron chi connectivity index (χ4n) is 3.68. The van der Waals surface area contributed by atoms with Crippen LogP contribution < -0.4 is 4.74 Å². The van der Waals surface area contributed by atoms with Crippen molar-refractivity contribution in [3.8, 4) is 5.75 Å². The number of carbonyl (C=O) groups excluding carboxylic acids is 1. The van der Waals surface area contributed by atoms with Crippen molar-refractivity contribution in [3.05, 3.63) is 24.3 Å². The molecule has 3 rings (SSSR count). The topological polar surface area (TPSA) is 55.8 Å². The Bertz CT molecular complexity index is 604. The molecule has 2 bridgehead atoms. The SMILES string of the molecule is CC(Oc1ccc(S(C)=O)cc1)C(=O)OC1CC2CCC(C1)N2C. The van der Waals surface area contributed by atoms with Gasteiger partial charge >= 0.3 is 5.97 Å². The lowest BCUT2D eigenvalue weighted by molar-refractivity contribution is -0.159. The number of carbonyl (C=O) groups is 1. The number of benzene rings is 1. The van der Waals surface area contributed by atoms with Crippen LogP contribution in [0.4, 0.5) is 0 Å². The van der Waals surface area contributed by atoms with Crippen molar-refractivity contribution in [2.45, 2.75) is 61.8 Å². The van der Waals surface area contributed by atoms with E-state index in [1.807, 2.05) is 0 Å². The molecule has 24 heavy (non-hydrogen) atoms. The maximum absolute atomic E-state index is 12.3. The normalized spacial score (nSPS) is 29.0. The third kappa shape index (κ3) is 3.81. The molecule has 132 valence electrons. The summed E-state index contributed by atoms with van der Waals surface area (Å²) in [6, 6.07) is 8.05. The molecule has 0 N–H and O–H groups in total. The summed E-state index contributed by atoms with van der Waals surface area (Å²) in [5.41, 5.74) is 0. The Morgan fingerprint density at radius 1 is 1.21 bits per heavy atom. The summed E-state index contributed by atoms with van der Waals surface area (Å²) in [6.45, 7) is 1.71. The number of fused-ring (bicyclic) bond motifs is 2. The van der Waals surface area contributed by atoms with Gasteiger partial charge in [-0.2, -0.15) is 0 Å². The molecule has 4 unspecified atom stereocenters. The van der Waals surface area contributed by atoms with Crippen LogP contribution in [0.5, 0.6) is 5.75 Å². The number of ether oxygens (including phenoxy) is 2. The van der Waals surface area contributed by atoms with Crippen LogP contribution in [0.2, 0.25) is 0 Å². The zero-order valence-electron chi connectivity index (χ0n) is 14.4. The molecule has 0 amide bonds. The van der Waals surface area contributed by atoms with Gasteiger partial charge < -0.3 is 14.4 Å². The van der Waals surface area contributed by atoms with Gasteiger partial charge in [0.05, 0.1) is 0 Å². The lowest BCUT2D eigenvalue weighted by Gasteiger charge is -2.36. The molecule has 4 atom stereocenters. The lowest BCUT2D eigenvalue weighted by Crippen LogP contribution is -2.44. The first-order chi connectivity index (χ1) is 11.4. The molecule has 1 aromatic rings. The van der Waals surface area contributed by atoms with Crippen molar-refractivity contribution in [1.29, 1.82) is 0 Å². The number of hydrogen-bond acceptors (Lipinski definition) is 5. The maximum atomic E-state index is 12.3. The summed E-state index contributed by atoms with van der Waals surface area (Å²) in [5, 5.41) is 0. The Morgan fingerprint density at radius 2 is 1.79 bits per heavy atom. The number of nitrogens with zero attached hydrogens (tertiary/aromatic N) is 1. The second-order valence-electron chi connectivity index (χ2n) is 6.77. The highest BCUT2D eigenvalue weighted by molar-refractivity contribution is 7.84. The Balaban J connectivity index is 1.52. The van der Waals surface area contributed by atoms with Crippen LogP contribution in [0.25, 0.3) is 0 Å². The van der Waals surface area contributed by atoms with Gasteiger partial charge in [0.15, 0.2) is 6.10 Å². The van der Waals surface area contributed by atoms with Crippen molar-refractivity contribution in [3.63, 3.8) is 0 Å². The molecule has 0 spiro atoms. The average Bonchev–Trinajstić information content (AvgIpc) is 2.76. The molecule has 0 aliphatic carbocycles. The average molecular weight is 351 g/mol. The maximum Gasteiger partial charge on any atom is 0.347 e. The highest BCUT2D eigenvalue weighted by atomic mass is 32.2. The highest BCUT2D eigenvalue weighted by Crippen LogP contribution is 2.35. The van der Waals surface area contributed by atoms with Gasteiger partial charge in [0, 0.05) is 34.0 Å². The molecule has 1 aromatic carbocycles. The molecule has 0 saturated carbocycles. The molecule has 0 aromatic heterocycles. The van der Waals surface area contributed by atoms with Crippen molar-refractivity contribution in [2.75, 3.05) is 13.3 Å². The first kappa shape index (κ1) is 17.4. The number of esters is 1. The molecule has 2 heterocycles. The van der Waals surface area contributed by atoms with Crippen LogP contribution >= 0.6 is 0 Å². The van der Waals surface area contributed by atoms with Gasteiger partial charge in [0.2, 0.25) is 0 Å². The molecule has 0 radical (unpaired) electrons.